The molecule has 1 aliphatic rings. The number of hydrogen-bond acceptors (Lipinski definition) is 3. The summed E-state index contributed by atoms with van der Waals surface area (Å²) in [4.78, 5) is 2.52. The summed E-state index contributed by atoms with van der Waals surface area (Å²) < 4.78 is 5.35. The van der Waals surface area contributed by atoms with Gasteiger partial charge in [-0.2, -0.15) is 0 Å². The maximum atomic E-state index is 5.45. The number of methoxy groups -OCH3 is 1. The molecule has 0 radical (unpaired) electrons. The van der Waals surface area contributed by atoms with Gasteiger partial charge in [-0.3, -0.25) is 0 Å². The van der Waals surface area contributed by atoms with Crippen molar-refractivity contribution in [1.82, 2.24) is 4.90 Å². The van der Waals surface area contributed by atoms with Crippen LogP contribution in [0.25, 0.3) is 0 Å². The molecule has 1 unspecified atom stereocenters. The van der Waals surface area contributed by atoms with E-state index in [1.54, 1.807) is 0 Å². The zero-order chi connectivity index (χ0) is 10.9. The average Bonchev–Trinajstić information content (AvgIpc) is 2.71. The van der Waals surface area contributed by atoms with Gasteiger partial charge >= 0.3 is 0 Å². The van der Waals surface area contributed by atoms with Crippen LogP contribution in [0.4, 0.5) is 0 Å². The Balaban J connectivity index is 1.88. The van der Waals surface area contributed by atoms with E-state index in [9.17, 15) is 0 Å². The highest BCUT2D eigenvalue weighted by molar-refractivity contribution is 4.75. The molecule has 1 rings (SSSR count). The van der Waals surface area contributed by atoms with E-state index in [1.807, 2.05) is 7.11 Å². The van der Waals surface area contributed by atoms with Crippen molar-refractivity contribution in [2.45, 2.75) is 44.6 Å². The lowest BCUT2D eigenvalue weighted by molar-refractivity contribution is 0.108. The molecule has 1 heterocycles. The van der Waals surface area contributed by atoms with Gasteiger partial charge in [0, 0.05) is 20.2 Å². The van der Waals surface area contributed by atoms with Gasteiger partial charge in [-0.05, 0) is 32.4 Å². The van der Waals surface area contributed by atoms with Gasteiger partial charge in [0.05, 0.1) is 6.10 Å². The van der Waals surface area contributed by atoms with Crippen LogP contribution in [0.2, 0.25) is 0 Å². The normalized spacial score (nSPS) is 22.4. The number of hydrogen-bond donors (Lipinski definition) is 1. The molecule has 1 aliphatic heterocycles. The average molecular weight is 214 g/mol. The standard InChI is InChI=1S/C12H26N2O/c1-15-12-7-10-14(11-12)9-6-4-2-3-5-8-13/h12H,2-11,13H2,1H3. The van der Waals surface area contributed by atoms with E-state index in [4.69, 9.17) is 10.5 Å². The zero-order valence-corrected chi connectivity index (χ0v) is 10.1. The summed E-state index contributed by atoms with van der Waals surface area (Å²) in [6.07, 6.45) is 8.23. The molecule has 0 aliphatic carbocycles. The Hall–Kier alpha value is -0.120. The Labute approximate surface area is 94.0 Å². The summed E-state index contributed by atoms with van der Waals surface area (Å²) in [6.45, 7) is 4.46. The van der Waals surface area contributed by atoms with Crippen LogP contribution in [0.1, 0.15) is 38.5 Å². The van der Waals surface area contributed by atoms with Crippen LogP contribution >= 0.6 is 0 Å². The quantitative estimate of drug-likeness (QED) is 0.624. The number of unbranched alkanes of at least 4 members (excludes halogenated alkanes) is 4. The van der Waals surface area contributed by atoms with Crippen molar-refractivity contribution in [2.75, 3.05) is 33.3 Å². The van der Waals surface area contributed by atoms with Crippen molar-refractivity contribution in [2.24, 2.45) is 5.73 Å². The molecule has 3 heteroatoms. The maximum Gasteiger partial charge on any atom is 0.0710 e. The third-order valence-electron chi connectivity index (χ3n) is 3.24. The summed E-state index contributed by atoms with van der Waals surface area (Å²) in [5, 5.41) is 0. The smallest absolute Gasteiger partial charge is 0.0710 e. The highest BCUT2D eigenvalue weighted by Gasteiger charge is 2.20. The molecule has 0 spiro atoms. The number of ether oxygens (including phenoxy) is 1. The van der Waals surface area contributed by atoms with E-state index in [2.05, 4.69) is 4.90 Å². The maximum absolute atomic E-state index is 5.45. The van der Waals surface area contributed by atoms with Gasteiger partial charge in [0.1, 0.15) is 0 Å². The van der Waals surface area contributed by atoms with Crippen molar-refractivity contribution < 1.29 is 4.74 Å². The summed E-state index contributed by atoms with van der Waals surface area (Å²) in [5.74, 6) is 0. The Bertz CT molecular complexity index is 153. The lowest BCUT2D eigenvalue weighted by Crippen LogP contribution is -2.23. The highest BCUT2D eigenvalue weighted by atomic mass is 16.5. The molecule has 0 saturated carbocycles. The number of rotatable bonds is 8. The first-order chi connectivity index (χ1) is 7.36. The van der Waals surface area contributed by atoms with Gasteiger partial charge in [0.15, 0.2) is 0 Å². The minimum Gasteiger partial charge on any atom is -0.380 e. The molecule has 1 fully saturated rings. The van der Waals surface area contributed by atoms with Gasteiger partial charge in [-0.1, -0.05) is 19.3 Å². The largest absolute Gasteiger partial charge is 0.380 e. The first-order valence-electron chi connectivity index (χ1n) is 6.32. The van der Waals surface area contributed by atoms with Crippen LogP contribution in [-0.2, 0) is 4.74 Å². The third kappa shape index (κ3) is 5.50. The molecule has 0 aromatic rings. The van der Waals surface area contributed by atoms with Crippen LogP contribution in [0.5, 0.6) is 0 Å². The lowest BCUT2D eigenvalue weighted by Gasteiger charge is -2.15. The monoisotopic (exact) mass is 214 g/mol. The van der Waals surface area contributed by atoms with E-state index < -0.39 is 0 Å². The van der Waals surface area contributed by atoms with Gasteiger partial charge in [0.2, 0.25) is 0 Å². The lowest BCUT2D eigenvalue weighted by atomic mass is 10.1. The van der Waals surface area contributed by atoms with Gasteiger partial charge in [-0.25, -0.2) is 0 Å². The molecule has 90 valence electrons. The summed E-state index contributed by atoms with van der Waals surface area (Å²) in [6, 6.07) is 0. The Morgan fingerprint density at radius 1 is 1.20 bits per heavy atom. The van der Waals surface area contributed by atoms with E-state index in [0.717, 1.165) is 13.1 Å². The van der Waals surface area contributed by atoms with E-state index >= 15 is 0 Å². The molecule has 1 atom stereocenters. The summed E-state index contributed by atoms with van der Waals surface area (Å²) in [5.41, 5.74) is 5.45. The molecule has 0 bridgehead atoms. The van der Waals surface area contributed by atoms with E-state index in [-0.39, 0.29) is 0 Å². The molecule has 3 nitrogen and oxygen atoms in total. The van der Waals surface area contributed by atoms with Gasteiger partial charge in [0.25, 0.3) is 0 Å². The number of likely N-dealkylation sites (tertiary alicyclic amines) is 1. The van der Waals surface area contributed by atoms with Crippen LogP contribution in [-0.4, -0.2) is 44.3 Å². The second-order valence-electron chi connectivity index (χ2n) is 4.50. The van der Waals surface area contributed by atoms with Crippen LogP contribution in [0, 0.1) is 0 Å². The molecule has 0 amide bonds. The Kier molecular flexibility index (Phi) is 6.98. The fourth-order valence-electron chi connectivity index (χ4n) is 2.20. The number of nitrogens with zero attached hydrogens (tertiary/aromatic N) is 1. The van der Waals surface area contributed by atoms with Crippen molar-refractivity contribution in [3.63, 3.8) is 0 Å². The minimum atomic E-state index is 0.488. The van der Waals surface area contributed by atoms with E-state index in [1.165, 1.54) is 51.6 Å². The predicted molar refractivity (Wildman–Crippen MR) is 64.0 cm³/mol. The third-order valence-corrected chi connectivity index (χ3v) is 3.24. The van der Waals surface area contributed by atoms with Crippen molar-refractivity contribution in [3.05, 3.63) is 0 Å². The first kappa shape index (κ1) is 12.9. The topological polar surface area (TPSA) is 38.5 Å². The van der Waals surface area contributed by atoms with Crippen molar-refractivity contribution in [1.29, 1.82) is 0 Å². The molecule has 1 saturated heterocycles. The zero-order valence-electron chi connectivity index (χ0n) is 10.1. The molecule has 0 aromatic heterocycles. The molecule has 15 heavy (non-hydrogen) atoms. The second kappa shape index (κ2) is 8.08. The molecular formula is C12H26N2O. The fourth-order valence-corrected chi connectivity index (χ4v) is 2.20. The molecule has 0 aromatic carbocycles. The fraction of sp³-hybridized carbons (Fsp3) is 1.00. The second-order valence-corrected chi connectivity index (χ2v) is 4.50. The van der Waals surface area contributed by atoms with Crippen molar-refractivity contribution >= 4 is 0 Å². The number of nitrogens with two attached hydrogens (primary N) is 1. The van der Waals surface area contributed by atoms with Gasteiger partial charge in [-0.15, -0.1) is 0 Å². The van der Waals surface area contributed by atoms with Crippen LogP contribution in [0.3, 0.4) is 0 Å². The van der Waals surface area contributed by atoms with Crippen LogP contribution in [0.15, 0.2) is 0 Å². The van der Waals surface area contributed by atoms with Crippen molar-refractivity contribution in [3.8, 4) is 0 Å². The predicted octanol–water partition coefficient (Wildman–Crippen LogP) is 1.62. The van der Waals surface area contributed by atoms with E-state index in [0.29, 0.717) is 6.10 Å². The van der Waals surface area contributed by atoms with Crippen LogP contribution < -0.4 is 5.73 Å². The Morgan fingerprint density at radius 3 is 2.60 bits per heavy atom. The summed E-state index contributed by atoms with van der Waals surface area (Å²) in [7, 11) is 1.82. The van der Waals surface area contributed by atoms with Gasteiger partial charge < -0.3 is 15.4 Å². The molecule has 2 N–H and O–H groups in total. The highest BCUT2D eigenvalue weighted by Crippen LogP contribution is 2.13. The minimum absolute atomic E-state index is 0.488. The Morgan fingerprint density at radius 2 is 1.93 bits per heavy atom. The first-order valence-corrected chi connectivity index (χ1v) is 6.32. The summed E-state index contributed by atoms with van der Waals surface area (Å²) >= 11 is 0. The molecular weight excluding hydrogens is 188 g/mol. The SMILES string of the molecule is COC1CCN(CCCCCCCN)C1.